The second-order valence-corrected chi connectivity index (χ2v) is 10.4. The second-order valence-electron chi connectivity index (χ2n) is 8.77. The number of anilines is 1. The van der Waals surface area contributed by atoms with Crippen molar-refractivity contribution in [3.8, 4) is 0 Å². The maximum Gasteiger partial charge on any atom is 0.270 e. The molecule has 0 spiro atoms. The molecular weight excluding hydrogens is 468 g/mol. The third kappa shape index (κ3) is 4.07. The number of thiocarbonyl (C=S) groups is 1. The molecule has 170 valence electrons. The smallest absolute Gasteiger partial charge is 0.270 e. The summed E-state index contributed by atoms with van der Waals surface area (Å²) in [6.07, 6.45) is 4.12. The van der Waals surface area contributed by atoms with Gasteiger partial charge in [-0.05, 0) is 59.2 Å². The van der Waals surface area contributed by atoms with E-state index in [9.17, 15) is 4.79 Å². The van der Waals surface area contributed by atoms with Gasteiger partial charge in [0, 0.05) is 29.2 Å². The Balaban J connectivity index is 1.37. The summed E-state index contributed by atoms with van der Waals surface area (Å²) in [5.41, 5.74) is 5.31. The van der Waals surface area contributed by atoms with Crippen molar-refractivity contribution in [3.63, 3.8) is 0 Å². The second kappa shape index (κ2) is 8.84. The molecule has 0 N–H and O–H groups in total. The number of thioether (sulfide) groups is 1. The molecular formula is C30H22N2OS2. The van der Waals surface area contributed by atoms with E-state index < -0.39 is 0 Å². The molecule has 35 heavy (non-hydrogen) atoms. The zero-order valence-electron chi connectivity index (χ0n) is 19.1. The van der Waals surface area contributed by atoms with Gasteiger partial charge in [0.25, 0.3) is 5.91 Å². The molecule has 0 unspecified atom stereocenters. The molecule has 5 heteroatoms. The van der Waals surface area contributed by atoms with Crippen LogP contribution in [0.5, 0.6) is 0 Å². The van der Waals surface area contributed by atoms with Crippen molar-refractivity contribution in [1.29, 1.82) is 0 Å². The highest BCUT2D eigenvalue weighted by atomic mass is 32.2. The molecule has 1 aromatic heterocycles. The number of benzene rings is 4. The summed E-state index contributed by atoms with van der Waals surface area (Å²) in [7, 11) is 0. The molecule has 1 fully saturated rings. The number of nitrogens with zero attached hydrogens (tertiary/aromatic N) is 2. The van der Waals surface area contributed by atoms with Crippen molar-refractivity contribution < 1.29 is 4.79 Å². The minimum absolute atomic E-state index is 0.0723. The summed E-state index contributed by atoms with van der Waals surface area (Å²) < 4.78 is 2.82. The number of aromatic nitrogens is 1. The fourth-order valence-corrected chi connectivity index (χ4v) is 5.94. The third-order valence-corrected chi connectivity index (χ3v) is 7.63. The first-order valence-electron chi connectivity index (χ1n) is 11.5. The Morgan fingerprint density at radius 3 is 2.54 bits per heavy atom. The molecule has 0 bridgehead atoms. The monoisotopic (exact) mass is 490 g/mol. The van der Waals surface area contributed by atoms with Gasteiger partial charge in [-0.3, -0.25) is 9.69 Å². The van der Waals surface area contributed by atoms with Crippen LogP contribution in [0.4, 0.5) is 5.69 Å². The molecule has 1 saturated heterocycles. The van der Waals surface area contributed by atoms with Crippen molar-refractivity contribution >= 4 is 67.6 Å². The molecule has 5 aromatic rings. The summed E-state index contributed by atoms with van der Waals surface area (Å²) in [5, 5.41) is 3.60. The molecule has 1 aliphatic rings. The Hall–Kier alpha value is -3.67. The van der Waals surface area contributed by atoms with Crippen molar-refractivity contribution in [2.75, 3.05) is 4.90 Å². The zero-order chi connectivity index (χ0) is 23.9. The quantitative estimate of drug-likeness (QED) is 0.192. The Labute approximate surface area is 213 Å². The van der Waals surface area contributed by atoms with E-state index in [0.29, 0.717) is 9.23 Å². The van der Waals surface area contributed by atoms with Gasteiger partial charge in [-0.25, -0.2) is 0 Å². The van der Waals surface area contributed by atoms with Crippen LogP contribution < -0.4 is 4.90 Å². The van der Waals surface area contributed by atoms with Gasteiger partial charge >= 0.3 is 0 Å². The molecule has 0 atom stereocenters. The van der Waals surface area contributed by atoms with Crippen LogP contribution in [0.15, 0.2) is 102 Å². The van der Waals surface area contributed by atoms with E-state index in [1.165, 1.54) is 28.1 Å². The standard InChI is InChI=1S/C30H22N2OS2/c1-20-7-6-10-25(15-20)32-29(33)28(35-30(32)34)17-24-19-31(27-12-5-4-11-26(24)27)18-21-13-14-22-8-2-3-9-23(22)16-21/h2-17,19H,18H2,1H3/b28-17+. The first-order valence-corrected chi connectivity index (χ1v) is 12.7. The summed E-state index contributed by atoms with van der Waals surface area (Å²) in [4.78, 5) is 15.6. The number of hydrogen-bond donors (Lipinski definition) is 0. The van der Waals surface area contributed by atoms with E-state index >= 15 is 0 Å². The zero-order valence-corrected chi connectivity index (χ0v) is 20.8. The highest BCUT2D eigenvalue weighted by molar-refractivity contribution is 8.27. The van der Waals surface area contributed by atoms with Crippen LogP contribution in [0.25, 0.3) is 27.8 Å². The van der Waals surface area contributed by atoms with Crippen LogP contribution in [0.1, 0.15) is 16.7 Å². The van der Waals surface area contributed by atoms with Gasteiger partial charge in [0.2, 0.25) is 0 Å². The van der Waals surface area contributed by atoms with Crippen LogP contribution in [0.2, 0.25) is 0 Å². The van der Waals surface area contributed by atoms with Gasteiger partial charge in [-0.1, -0.05) is 90.7 Å². The maximum atomic E-state index is 13.3. The van der Waals surface area contributed by atoms with Gasteiger partial charge in [-0.2, -0.15) is 0 Å². The lowest BCUT2D eigenvalue weighted by atomic mass is 10.1. The van der Waals surface area contributed by atoms with E-state index in [4.69, 9.17) is 12.2 Å². The lowest BCUT2D eigenvalue weighted by molar-refractivity contribution is -0.113. The number of carbonyl (C=O) groups is 1. The predicted molar refractivity (Wildman–Crippen MR) is 152 cm³/mol. The number of rotatable bonds is 4. The SMILES string of the molecule is Cc1cccc(N2C(=O)/C(=C\c3cn(Cc4ccc5ccccc5c4)c4ccccc34)SC2=S)c1. The summed E-state index contributed by atoms with van der Waals surface area (Å²) in [5.74, 6) is -0.0723. The first kappa shape index (κ1) is 21.8. The van der Waals surface area contributed by atoms with Gasteiger partial charge in [-0.15, -0.1) is 0 Å². The van der Waals surface area contributed by atoms with Crippen LogP contribution in [0, 0.1) is 6.92 Å². The number of hydrogen-bond acceptors (Lipinski definition) is 3. The maximum absolute atomic E-state index is 13.3. The molecule has 0 aliphatic carbocycles. The summed E-state index contributed by atoms with van der Waals surface area (Å²) in [6, 6.07) is 31.2. The van der Waals surface area contributed by atoms with Crippen molar-refractivity contribution in [1.82, 2.24) is 4.57 Å². The van der Waals surface area contributed by atoms with Crippen molar-refractivity contribution in [3.05, 3.63) is 119 Å². The molecule has 0 radical (unpaired) electrons. The van der Waals surface area contributed by atoms with Gasteiger partial charge in [0.15, 0.2) is 4.32 Å². The van der Waals surface area contributed by atoms with Gasteiger partial charge < -0.3 is 4.57 Å². The fourth-order valence-electron chi connectivity index (χ4n) is 4.65. The Kier molecular flexibility index (Phi) is 5.51. The molecule has 6 rings (SSSR count). The van der Waals surface area contributed by atoms with Crippen LogP contribution in [-0.4, -0.2) is 14.8 Å². The number of aryl methyl sites for hydroxylation is 1. The van der Waals surface area contributed by atoms with Crippen molar-refractivity contribution in [2.45, 2.75) is 13.5 Å². The minimum atomic E-state index is -0.0723. The summed E-state index contributed by atoms with van der Waals surface area (Å²) >= 11 is 6.94. The Morgan fingerprint density at radius 1 is 0.886 bits per heavy atom. The molecule has 0 saturated carbocycles. The van der Waals surface area contributed by atoms with E-state index in [2.05, 4.69) is 71.4 Å². The highest BCUT2D eigenvalue weighted by Crippen LogP contribution is 2.37. The Bertz CT molecular complexity index is 1660. The Morgan fingerprint density at radius 2 is 1.69 bits per heavy atom. The van der Waals surface area contributed by atoms with Crippen LogP contribution in [0.3, 0.4) is 0 Å². The highest BCUT2D eigenvalue weighted by Gasteiger charge is 2.33. The van der Waals surface area contributed by atoms with E-state index in [1.807, 2.05) is 43.3 Å². The molecule has 1 amide bonds. The molecule has 4 aromatic carbocycles. The average molecular weight is 491 g/mol. The first-order chi connectivity index (χ1) is 17.1. The normalized spacial score (nSPS) is 15.1. The number of para-hydroxylation sites is 1. The average Bonchev–Trinajstić information content (AvgIpc) is 3.35. The number of carbonyl (C=O) groups excluding carboxylic acids is 1. The van der Waals surface area contributed by atoms with E-state index in [1.54, 1.807) is 4.90 Å². The fraction of sp³-hybridized carbons (Fsp3) is 0.0667. The topological polar surface area (TPSA) is 25.2 Å². The lowest BCUT2D eigenvalue weighted by Gasteiger charge is -2.14. The van der Waals surface area contributed by atoms with Crippen LogP contribution >= 0.6 is 24.0 Å². The minimum Gasteiger partial charge on any atom is -0.342 e. The van der Waals surface area contributed by atoms with Crippen LogP contribution in [-0.2, 0) is 11.3 Å². The summed E-state index contributed by atoms with van der Waals surface area (Å²) in [6.45, 7) is 2.77. The van der Waals surface area contributed by atoms with Crippen molar-refractivity contribution in [2.24, 2.45) is 0 Å². The predicted octanol–water partition coefficient (Wildman–Crippen LogP) is 7.56. The third-order valence-electron chi connectivity index (χ3n) is 6.33. The number of amides is 1. The molecule has 2 heterocycles. The largest absolute Gasteiger partial charge is 0.342 e. The van der Waals surface area contributed by atoms with E-state index in [0.717, 1.165) is 34.3 Å². The molecule has 3 nitrogen and oxygen atoms in total. The van der Waals surface area contributed by atoms with Gasteiger partial charge in [0.05, 0.1) is 10.6 Å². The number of fused-ring (bicyclic) bond motifs is 2. The lowest BCUT2D eigenvalue weighted by Crippen LogP contribution is -2.27. The van der Waals surface area contributed by atoms with Gasteiger partial charge in [0.1, 0.15) is 0 Å². The van der Waals surface area contributed by atoms with E-state index in [-0.39, 0.29) is 5.91 Å². The molecule has 1 aliphatic heterocycles.